The van der Waals surface area contributed by atoms with Gasteiger partial charge >= 0.3 is 0 Å². The van der Waals surface area contributed by atoms with Gasteiger partial charge in [-0.15, -0.1) is 0 Å². The summed E-state index contributed by atoms with van der Waals surface area (Å²) < 4.78 is 5.17. The molecular weight excluding hydrogens is 184 g/mol. The Hall–Kier alpha value is -1.24. The van der Waals surface area contributed by atoms with E-state index in [4.69, 9.17) is 4.74 Å². The number of allylic oxidation sites excluding steroid dienone is 2. The Morgan fingerprint density at radius 2 is 2.00 bits per heavy atom. The van der Waals surface area contributed by atoms with Crippen molar-refractivity contribution in [2.24, 2.45) is 11.8 Å². The highest BCUT2D eigenvalue weighted by Crippen LogP contribution is 2.58. The third-order valence-corrected chi connectivity index (χ3v) is 3.76. The molecule has 0 amide bonds. The predicted molar refractivity (Wildman–Crippen MR) is 61.1 cm³/mol. The van der Waals surface area contributed by atoms with Crippen molar-refractivity contribution in [1.29, 1.82) is 0 Å². The first-order chi connectivity index (χ1) is 7.40. The lowest BCUT2D eigenvalue weighted by molar-refractivity contribution is 0.414. The van der Waals surface area contributed by atoms with Gasteiger partial charge in [0.05, 0.1) is 7.11 Å². The Morgan fingerprint density at radius 3 is 2.60 bits per heavy atom. The maximum Gasteiger partial charge on any atom is 0.118 e. The van der Waals surface area contributed by atoms with Crippen LogP contribution in [0.15, 0.2) is 36.4 Å². The molecule has 3 rings (SSSR count). The van der Waals surface area contributed by atoms with E-state index in [0.29, 0.717) is 0 Å². The molecule has 2 aliphatic carbocycles. The summed E-state index contributed by atoms with van der Waals surface area (Å²) in [6, 6.07) is 8.58. The topological polar surface area (TPSA) is 9.23 Å². The molecule has 1 nitrogen and oxygen atoms in total. The van der Waals surface area contributed by atoms with E-state index in [1.54, 1.807) is 7.11 Å². The van der Waals surface area contributed by atoms with Gasteiger partial charge in [-0.05, 0) is 48.3 Å². The molecule has 3 atom stereocenters. The van der Waals surface area contributed by atoms with Crippen LogP contribution in [0.5, 0.6) is 5.75 Å². The van der Waals surface area contributed by atoms with Crippen LogP contribution < -0.4 is 4.74 Å². The summed E-state index contributed by atoms with van der Waals surface area (Å²) in [5.74, 6) is 3.49. The van der Waals surface area contributed by atoms with Crippen LogP contribution in [0, 0.1) is 11.8 Å². The molecule has 78 valence electrons. The van der Waals surface area contributed by atoms with E-state index in [0.717, 1.165) is 23.5 Å². The number of methoxy groups -OCH3 is 1. The van der Waals surface area contributed by atoms with Crippen LogP contribution in [-0.4, -0.2) is 7.11 Å². The molecular formula is C14H16O. The average Bonchev–Trinajstić information content (AvgIpc) is 3.03. The first kappa shape index (κ1) is 9.02. The average molecular weight is 200 g/mol. The highest BCUT2D eigenvalue weighted by molar-refractivity contribution is 5.36. The Labute approximate surface area is 90.8 Å². The lowest BCUT2D eigenvalue weighted by atomic mass is 10.1. The van der Waals surface area contributed by atoms with Crippen molar-refractivity contribution < 1.29 is 4.74 Å². The molecule has 1 aromatic carbocycles. The summed E-state index contributed by atoms with van der Waals surface area (Å²) in [6.07, 6.45) is 7.39. The second-order valence-electron chi connectivity index (χ2n) is 4.55. The third kappa shape index (κ3) is 1.46. The zero-order chi connectivity index (χ0) is 10.3. The maximum absolute atomic E-state index is 5.17. The lowest BCUT2D eigenvalue weighted by Crippen LogP contribution is -1.86. The smallest absolute Gasteiger partial charge is 0.118 e. The maximum atomic E-state index is 5.17. The molecule has 1 aromatic rings. The SMILES string of the molecule is COc1ccc([C@H]2[C@H]3C=CCC[C@H]32)cc1. The van der Waals surface area contributed by atoms with Crippen LogP contribution in [0.25, 0.3) is 0 Å². The summed E-state index contributed by atoms with van der Waals surface area (Å²) in [4.78, 5) is 0. The van der Waals surface area contributed by atoms with Crippen LogP contribution in [0.1, 0.15) is 24.3 Å². The molecule has 0 unspecified atom stereocenters. The highest BCUT2D eigenvalue weighted by atomic mass is 16.5. The van der Waals surface area contributed by atoms with E-state index in [2.05, 4.69) is 36.4 Å². The van der Waals surface area contributed by atoms with E-state index in [1.807, 2.05) is 0 Å². The predicted octanol–water partition coefficient (Wildman–Crippen LogP) is 3.37. The van der Waals surface area contributed by atoms with Gasteiger partial charge in [-0.25, -0.2) is 0 Å². The number of hydrogen-bond acceptors (Lipinski definition) is 1. The monoisotopic (exact) mass is 200 g/mol. The molecule has 0 spiro atoms. The molecule has 2 aliphatic rings. The fourth-order valence-corrected chi connectivity index (χ4v) is 2.87. The van der Waals surface area contributed by atoms with Gasteiger partial charge in [-0.1, -0.05) is 24.3 Å². The number of fused-ring (bicyclic) bond motifs is 1. The second-order valence-corrected chi connectivity index (χ2v) is 4.55. The largest absolute Gasteiger partial charge is 0.497 e. The van der Waals surface area contributed by atoms with Gasteiger partial charge in [0.25, 0.3) is 0 Å². The third-order valence-electron chi connectivity index (χ3n) is 3.76. The minimum Gasteiger partial charge on any atom is -0.497 e. The number of hydrogen-bond donors (Lipinski definition) is 0. The van der Waals surface area contributed by atoms with Crippen molar-refractivity contribution in [3.63, 3.8) is 0 Å². The zero-order valence-electron chi connectivity index (χ0n) is 9.02. The molecule has 1 saturated carbocycles. The second kappa shape index (κ2) is 3.41. The molecule has 0 bridgehead atoms. The van der Waals surface area contributed by atoms with Crippen molar-refractivity contribution in [3.05, 3.63) is 42.0 Å². The molecule has 15 heavy (non-hydrogen) atoms. The first-order valence-electron chi connectivity index (χ1n) is 5.71. The molecule has 0 heterocycles. The van der Waals surface area contributed by atoms with Crippen LogP contribution in [0.2, 0.25) is 0 Å². The van der Waals surface area contributed by atoms with Gasteiger partial charge in [-0.3, -0.25) is 0 Å². The van der Waals surface area contributed by atoms with Crippen molar-refractivity contribution >= 4 is 0 Å². The fourth-order valence-electron chi connectivity index (χ4n) is 2.87. The standard InChI is InChI=1S/C14H16O/c1-15-11-8-6-10(7-9-11)14-12-4-2-3-5-13(12)14/h2,4,6-9,12-14H,3,5H2,1H3/t12-,13+,14-/m0/s1. The normalized spacial score (nSPS) is 32.2. The van der Waals surface area contributed by atoms with Crippen LogP contribution in [0.4, 0.5) is 0 Å². The lowest BCUT2D eigenvalue weighted by Gasteiger charge is -2.02. The molecule has 0 saturated heterocycles. The molecule has 0 aromatic heterocycles. The van der Waals surface area contributed by atoms with E-state index in [9.17, 15) is 0 Å². The number of benzene rings is 1. The number of rotatable bonds is 2. The van der Waals surface area contributed by atoms with E-state index < -0.39 is 0 Å². The van der Waals surface area contributed by atoms with E-state index >= 15 is 0 Å². The minimum absolute atomic E-state index is 0.787. The summed E-state index contributed by atoms with van der Waals surface area (Å²) in [5, 5.41) is 0. The Kier molecular flexibility index (Phi) is 2.05. The molecule has 1 fully saturated rings. The van der Waals surface area contributed by atoms with E-state index in [1.165, 1.54) is 18.4 Å². The van der Waals surface area contributed by atoms with Gasteiger partial charge < -0.3 is 4.74 Å². The molecule has 1 heteroatoms. The van der Waals surface area contributed by atoms with Crippen LogP contribution in [-0.2, 0) is 0 Å². The highest BCUT2D eigenvalue weighted by Gasteiger charge is 2.49. The first-order valence-corrected chi connectivity index (χ1v) is 5.71. The Balaban J connectivity index is 1.80. The summed E-state index contributed by atoms with van der Waals surface area (Å²) in [5.41, 5.74) is 1.48. The molecule has 0 aliphatic heterocycles. The van der Waals surface area contributed by atoms with Crippen LogP contribution >= 0.6 is 0 Å². The number of ether oxygens (including phenoxy) is 1. The van der Waals surface area contributed by atoms with Gasteiger partial charge in [0, 0.05) is 0 Å². The van der Waals surface area contributed by atoms with Gasteiger partial charge in [0.2, 0.25) is 0 Å². The van der Waals surface area contributed by atoms with Crippen molar-refractivity contribution in [2.75, 3.05) is 7.11 Å². The quantitative estimate of drug-likeness (QED) is 0.665. The minimum atomic E-state index is 0.787. The van der Waals surface area contributed by atoms with Crippen molar-refractivity contribution in [3.8, 4) is 5.75 Å². The zero-order valence-corrected chi connectivity index (χ0v) is 9.02. The van der Waals surface area contributed by atoms with Gasteiger partial charge in [0.15, 0.2) is 0 Å². The summed E-state index contributed by atoms with van der Waals surface area (Å²) in [6.45, 7) is 0. The molecule has 0 radical (unpaired) electrons. The van der Waals surface area contributed by atoms with Gasteiger partial charge in [0.1, 0.15) is 5.75 Å². The summed E-state index contributed by atoms with van der Waals surface area (Å²) in [7, 11) is 1.72. The Bertz CT molecular complexity index is 377. The Morgan fingerprint density at radius 1 is 1.20 bits per heavy atom. The van der Waals surface area contributed by atoms with Crippen LogP contribution in [0.3, 0.4) is 0 Å². The summed E-state index contributed by atoms with van der Waals surface area (Å²) >= 11 is 0. The fraction of sp³-hybridized carbons (Fsp3) is 0.429. The van der Waals surface area contributed by atoms with Crippen molar-refractivity contribution in [2.45, 2.75) is 18.8 Å². The van der Waals surface area contributed by atoms with Crippen molar-refractivity contribution in [1.82, 2.24) is 0 Å². The molecule has 0 N–H and O–H groups in total. The van der Waals surface area contributed by atoms with E-state index in [-0.39, 0.29) is 0 Å². The van der Waals surface area contributed by atoms with Gasteiger partial charge in [-0.2, -0.15) is 0 Å².